The van der Waals surface area contributed by atoms with E-state index in [9.17, 15) is 4.79 Å². The number of ether oxygens (including phenoxy) is 1. The number of nitrogens with zero attached hydrogens (tertiary/aromatic N) is 4. The van der Waals surface area contributed by atoms with Crippen LogP contribution in [0.5, 0.6) is 0 Å². The third-order valence-corrected chi connectivity index (χ3v) is 3.69. The van der Waals surface area contributed by atoms with Gasteiger partial charge in [-0.05, 0) is 18.6 Å². The summed E-state index contributed by atoms with van der Waals surface area (Å²) in [6.07, 6.45) is 5.75. The molecule has 2 aromatic rings. The Bertz CT molecular complexity index is 633. The highest BCUT2D eigenvalue weighted by atomic mass is 16.5. The quantitative estimate of drug-likeness (QED) is 0.798. The van der Waals surface area contributed by atoms with E-state index in [1.165, 1.54) is 19.6 Å². The molecule has 3 heterocycles. The molecule has 0 N–H and O–H groups in total. The Hall–Kier alpha value is -2.50. The van der Waals surface area contributed by atoms with E-state index in [-0.39, 0.29) is 0 Å². The van der Waals surface area contributed by atoms with Crippen molar-refractivity contribution >= 4 is 11.8 Å². The van der Waals surface area contributed by atoms with Crippen LogP contribution in [0.3, 0.4) is 0 Å². The van der Waals surface area contributed by atoms with Crippen LogP contribution in [-0.2, 0) is 4.74 Å². The third-order valence-electron chi connectivity index (χ3n) is 3.69. The first kappa shape index (κ1) is 13.5. The van der Waals surface area contributed by atoms with Crippen LogP contribution in [0.25, 0.3) is 0 Å². The Morgan fingerprint density at radius 3 is 3.05 bits per heavy atom. The molecule has 0 bridgehead atoms. The molecule has 0 radical (unpaired) electrons. The molecule has 21 heavy (non-hydrogen) atoms. The molecule has 0 saturated carbocycles. The summed E-state index contributed by atoms with van der Waals surface area (Å²) >= 11 is 0. The summed E-state index contributed by atoms with van der Waals surface area (Å²) in [5.41, 5.74) is 1.48. The molecule has 2 aromatic heterocycles. The minimum absolute atomic E-state index is 0.353. The van der Waals surface area contributed by atoms with Crippen LogP contribution < -0.4 is 4.90 Å². The van der Waals surface area contributed by atoms with E-state index in [4.69, 9.17) is 4.74 Å². The number of carbonyl (C=O) groups excluding carboxylic acids is 1. The monoisotopic (exact) mass is 284 g/mol. The number of hydrogen-bond acceptors (Lipinski definition) is 6. The normalized spacial score (nSPS) is 17.8. The Morgan fingerprint density at radius 2 is 2.29 bits per heavy atom. The summed E-state index contributed by atoms with van der Waals surface area (Å²) in [5.74, 6) is 0.578. The van der Waals surface area contributed by atoms with Crippen molar-refractivity contribution in [1.29, 1.82) is 0 Å². The first-order valence-corrected chi connectivity index (χ1v) is 6.84. The van der Waals surface area contributed by atoms with Crippen molar-refractivity contribution in [2.75, 3.05) is 25.1 Å². The van der Waals surface area contributed by atoms with E-state index < -0.39 is 5.97 Å². The summed E-state index contributed by atoms with van der Waals surface area (Å²) < 4.78 is 4.79. The van der Waals surface area contributed by atoms with Gasteiger partial charge in [0.1, 0.15) is 17.7 Å². The molecular weight excluding hydrogens is 268 g/mol. The van der Waals surface area contributed by atoms with Crippen molar-refractivity contribution in [2.24, 2.45) is 0 Å². The average Bonchev–Trinajstić information content (AvgIpc) is 3.05. The molecule has 1 saturated heterocycles. The summed E-state index contributed by atoms with van der Waals surface area (Å²) in [6.45, 7) is 1.63. The highest BCUT2D eigenvalue weighted by molar-refractivity contribution is 5.94. The van der Waals surface area contributed by atoms with Crippen molar-refractivity contribution in [3.05, 3.63) is 48.2 Å². The molecule has 0 spiro atoms. The largest absolute Gasteiger partial charge is 0.465 e. The molecule has 1 aliphatic rings. The van der Waals surface area contributed by atoms with Gasteiger partial charge in [0.25, 0.3) is 0 Å². The van der Waals surface area contributed by atoms with E-state index in [2.05, 4.69) is 19.9 Å². The third kappa shape index (κ3) is 2.69. The maximum Gasteiger partial charge on any atom is 0.343 e. The zero-order valence-electron chi connectivity index (χ0n) is 11.8. The van der Waals surface area contributed by atoms with Gasteiger partial charge in [0.15, 0.2) is 0 Å². The fourth-order valence-corrected chi connectivity index (χ4v) is 2.64. The maximum absolute atomic E-state index is 11.8. The number of anilines is 1. The van der Waals surface area contributed by atoms with E-state index >= 15 is 0 Å². The predicted octanol–water partition coefficient (Wildman–Crippen LogP) is 1.65. The zero-order chi connectivity index (χ0) is 14.7. The molecule has 1 fully saturated rings. The molecule has 1 aliphatic heterocycles. The van der Waals surface area contributed by atoms with Crippen LogP contribution in [0.4, 0.5) is 5.82 Å². The first-order valence-electron chi connectivity index (χ1n) is 6.84. The number of methoxy groups -OCH3 is 1. The maximum atomic E-state index is 11.8. The number of aromatic nitrogens is 3. The van der Waals surface area contributed by atoms with Gasteiger partial charge in [0.05, 0.1) is 7.11 Å². The highest BCUT2D eigenvalue weighted by Crippen LogP contribution is 2.30. The molecular formula is C15H16N4O2. The lowest BCUT2D eigenvalue weighted by molar-refractivity contribution is 0.0600. The minimum Gasteiger partial charge on any atom is -0.465 e. The van der Waals surface area contributed by atoms with Crippen molar-refractivity contribution in [1.82, 2.24) is 15.0 Å². The molecule has 0 amide bonds. The van der Waals surface area contributed by atoms with E-state index in [1.54, 1.807) is 0 Å². The Labute approximate surface area is 122 Å². The van der Waals surface area contributed by atoms with Gasteiger partial charge in [-0.25, -0.2) is 14.8 Å². The summed E-state index contributed by atoms with van der Waals surface area (Å²) in [7, 11) is 1.36. The van der Waals surface area contributed by atoms with Crippen LogP contribution in [-0.4, -0.2) is 41.1 Å². The second-order valence-corrected chi connectivity index (χ2v) is 4.94. The molecule has 108 valence electrons. The van der Waals surface area contributed by atoms with Crippen LogP contribution >= 0.6 is 0 Å². The van der Waals surface area contributed by atoms with Gasteiger partial charge in [-0.1, -0.05) is 6.07 Å². The van der Waals surface area contributed by atoms with Crippen molar-refractivity contribution in [3.63, 3.8) is 0 Å². The molecule has 0 aromatic carbocycles. The van der Waals surface area contributed by atoms with Gasteiger partial charge < -0.3 is 9.64 Å². The standard InChI is InChI=1S/C15H16N4O2/c1-21-15(20)12-8-16-10-18-14(12)19-7-5-11(9-19)13-4-2-3-6-17-13/h2-4,6,8,10-11H,5,7,9H2,1H3. The Morgan fingerprint density at radius 1 is 1.38 bits per heavy atom. The van der Waals surface area contributed by atoms with Gasteiger partial charge in [0.2, 0.25) is 0 Å². The summed E-state index contributed by atoms with van der Waals surface area (Å²) in [4.78, 5) is 26.5. The number of pyridine rings is 1. The molecule has 6 nitrogen and oxygen atoms in total. The smallest absolute Gasteiger partial charge is 0.343 e. The van der Waals surface area contributed by atoms with Crippen LogP contribution in [0.1, 0.15) is 28.4 Å². The fourth-order valence-electron chi connectivity index (χ4n) is 2.64. The van der Waals surface area contributed by atoms with Gasteiger partial charge in [-0.15, -0.1) is 0 Å². The van der Waals surface area contributed by atoms with Crippen molar-refractivity contribution < 1.29 is 9.53 Å². The SMILES string of the molecule is COC(=O)c1cncnc1N1CCC(c2ccccn2)C1. The summed E-state index contributed by atoms with van der Waals surface area (Å²) in [6, 6.07) is 5.95. The molecule has 3 rings (SSSR count). The Kier molecular flexibility index (Phi) is 3.77. The van der Waals surface area contributed by atoms with Crippen molar-refractivity contribution in [3.8, 4) is 0 Å². The van der Waals surface area contributed by atoms with E-state index in [1.807, 2.05) is 24.4 Å². The number of esters is 1. The van der Waals surface area contributed by atoms with Gasteiger partial charge in [-0.3, -0.25) is 4.98 Å². The fraction of sp³-hybridized carbons (Fsp3) is 0.333. The lowest BCUT2D eigenvalue weighted by Crippen LogP contribution is -2.23. The number of hydrogen-bond donors (Lipinski definition) is 0. The lowest BCUT2D eigenvalue weighted by atomic mass is 10.0. The van der Waals surface area contributed by atoms with Crippen LogP contribution in [0.2, 0.25) is 0 Å². The molecule has 0 aliphatic carbocycles. The first-order chi connectivity index (χ1) is 10.3. The second kappa shape index (κ2) is 5.87. The predicted molar refractivity (Wildman–Crippen MR) is 77.2 cm³/mol. The zero-order valence-corrected chi connectivity index (χ0v) is 11.8. The molecule has 1 unspecified atom stereocenters. The Balaban J connectivity index is 1.82. The van der Waals surface area contributed by atoms with E-state index in [0.717, 1.165) is 25.2 Å². The van der Waals surface area contributed by atoms with Crippen molar-refractivity contribution in [2.45, 2.75) is 12.3 Å². The van der Waals surface area contributed by atoms with Crippen LogP contribution in [0, 0.1) is 0 Å². The van der Waals surface area contributed by atoms with Gasteiger partial charge >= 0.3 is 5.97 Å². The second-order valence-electron chi connectivity index (χ2n) is 4.94. The molecule has 1 atom stereocenters. The lowest BCUT2D eigenvalue weighted by Gasteiger charge is -2.19. The van der Waals surface area contributed by atoms with Crippen LogP contribution in [0.15, 0.2) is 36.9 Å². The topological polar surface area (TPSA) is 68.2 Å². The van der Waals surface area contributed by atoms with Gasteiger partial charge in [-0.2, -0.15) is 0 Å². The van der Waals surface area contributed by atoms with E-state index in [0.29, 0.717) is 17.3 Å². The van der Waals surface area contributed by atoms with Gasteiger partial charge in [0, 0.05) is 37.1 Å². The average molecular weight is 284 g/mol. The number of carbonyl (C=O) groups is 1. The number of rotatable bonds is 3. The minimum atomic E-state index is -0.410. The summed E-state index contributed by atoms with van der Waals surface area (Å²) in [5, 5.41) is 0. The highest BCUT2D eigenvalue weighted by Gasteiger charge is 2.28. The molecule has 6 heteroatoms.